The van der Waals surface area contributed by atoms with Crippen LogP contribution in [0.3, 0.4) is 0 Å². The molecule has 6 heteroatoms. The van der Waals surface area contributed by atoms with Crippen molar-refractivity contribution in [2.24, 2.45) is 5.73 Å². The van der Waals surface area contributed by atoms with Crippen LogP contribution in [0.4, 0.5) is 11.4 Å². The quantitative estimate of drug-likeness (QED) is 0.777. The molecule has 0 bridgehead atoms. The lowest BCUT2D eigenvalue weighted by molar-refractivity contribution is 0.412. The van der Waals surface area contributed by atoms with E-state index >= 15 is 0 Å². The molecule has 0 aromatic heterocycles. The lowest BCUT2D eigenvalue weighted by Crippen LogP contribution is -2.11. The molecule has 0 saturated carbocycles. The third-order valence-electron chi connectivity index (χ3n) is 2.68. The number of rotatable bonds is 4. The fraction of sp³-hybridized carbons (Fsp3) is 0.0714. The second-order valence-electron chi connectivity index (χ2n) is 4.03. The van der Waals surface area contributed by atoms with E-state index in [1.165, 1.54) is 0 Å². The Kier molecular flexibility index (Phi) is 4.86. The van der Waals surface area contributed by atoms with E-state index in [1.54, 1.807) is 19.2 Å². The summed E-state index contributed by atoms with van der Waals surface area (Å²) in [7, 11) is 1.62. The van der Waals surface area contributed by atoms with Gasteiger partial charge in [0.05, 0.1) is 11.6 Å². The average molecular weight is 372 g/mol. The Bertz CT molecular complexity index is 664. The van der Waals surface area contributed by atoms with Crippen LogP contribution in [0.1, 0.15) is 5.56 Å². The maximum Gasteiger partial charge on any atom is 0.135 e. The summed E-state index contributed by atoms with van der Waals surface area (Å²) < 4.78 is 6.15. The van der Waals surface area contributed by atoms with Gasteiger partial charge in [-0.3, -0.25) is 0 Å². The van der Waals surface area contributed by atoms with Crippen LogP contribution in [0.2, 0.25) is 5.02 Å². The largest absolute Gasteiger partial charge is 0.495 e. The van der Waals surface area contributed by atoms with E-state index < -0.39 is 0 Å². The van der Waals surface area contributed by atoms with Crippen molar-refractivity contribution in [3.05, 3.63) is 51.5 Å². The van der Waals surface area contributed by atoms with Crippen molar-refractivity contribution >= 4 is 56.1 Å². The molecule has 2 rings (SSSR count). The van der Waals surface area contributed by atoms with Gasteiger partial charge >= 0.3 is 0 Å². The van der Waals surface area contributed by atoms with Gasteiger partial charge < -0.3 is 15.8 Å². The molecular weight excluding hydrogens is 360 g/mol. The number of hydrogen-bond acceptors (Lipinski definition) is 3. The number of nitrogens with one attached hydrogen (secondary N) is 1. The normalized spacial score (nSPS) is 10.2. The van der Waals surface area contributed by atoms with Crippen molar-refractivity contribution < 1.29 is 4.74 Å². The number of halogens is 2. The Labute approximate surface area is 136 Å². The van der Waals surface area contributed by atoms with Crippen LogP contribution < -0.4 is 15.8 Å². The van der Waals surface area contributed by atoms with E-state index in [4.69, 9.17) is 34.3 Å². The number of benzene rings is 2. The fourth-order valence-electron chi connectivity index (χ4n) is 1.72. The van der Waals surface area contributed by atoms with Crippen molar-refractivity contribution in [2.45, 2.75) is 0 Å². The minimum atomic E-state index is 0.291. The molecule has 0 amide bonds. The van der Waals surface area contributed by atoms with E-state index in [-0.39, 0.29) is 0 Å². The monoisotopic (exact) mass is 370 g/mol. The number of thiocarbonyl (C=S) groups is 1. The van der Waals surface area contributed by atoms with Gasteiger partial charge in [0.1, 0.15) is 10.7 Å². The topological polar surface area (TPSA) is 47.3 Å². The van der Waals surface area contributed by atoms with Crippen molar-refractivity contribution in [2.75, 3.05) is 12.4 Å². The van der Waals surface area contributed by atoms with Gasteiger partial charge in [-0.25, -0.2) is 0 Å². The maximum atomic E-state index is 5.96. The highest BCUT2D eigenvalue weighted by molar-refractivity contribution is 9.10. The van der Waals surface area contributed by atoms with Gasteiger partial charge in [0.15, 0.2) is 0 Å². The molecule has 2 aromatic rings. The smallest absolute Gasteiger partial charge is 0.135 e. The molecule has 0 saturated heterocycles. The molecule has 0 aliphatic carbocycles. The van der Waals surface area contributed by atoms with Crippen LogP contribution in [0, 0.1) is 0 Å². The summed E-state index contributed by atoms with van der Waals surface area (Å²) in [6.45, 7) is 0. The number of methoxy groups -OCH3 is 1. The van der Waals surface area contributed by atoms with Crippen molar-refractivity contribution in [3.8, 4) is 5.75 Å². The molecule has 0 radical (unpaired) electrons. The van der Waals surface area contributed by atoms with E-state index in [9.17, 15) is 0 Å². The van der Waals surface area contributed by atoms with Crippen molar-refractivity contribution in [1.82, 2.24) is 0 Å². The van der Waals surface area contributed by atoms with Gasteiger partial charge in [0, 0.05) is 28.0 Å². The number of anilines is 2. The summed E-state index contributed by atoms with van der Waals surface area (Å²) in [5.41, 5.74) is 8.08. The number of ether oxygens (including phenoxy) is 1. The summed E-state index contributed by atoms with van der Waals surface area (Å²) in [5, 5.41) is 3.85. The highest BCUT2D eigenvalue weighted by Crippen LogP contribution is 2.30. The first-order valence-electron chi connectivity index (χ1n) is 5.71. The Morgan fingerprint density at radius 1 is 1.30 bits per heavy atom. The van der Waals surface area contributed by atoms with Crippen molar-refractivity contribution in [3.63, 3.8) is 0 Å². The Hall–Kier alpha value is -1.30. The summed E-state index contributed by atoms with van der Waals surface area (Å²) >= 11 is 14.4. The Balaban J connectivity index is 2.37. The first kappa shape index (κ1) is 15.1. The standard InChI is InChI=1S/C14H12BrClN2OS/c1-19-13-7-9(3-4-11(13)15)18-12-5-2-8(16)6-10(12)14(17)20/h2-7,18H,1H3,(H2,17,20). The van der Waals surface area contributed by atoms with Gasteiger partial charge in [-0.05, 0) is 46.3 Å². The van der Waals surface area contributed by atoms with E-state index in [0.717, 1.165) is 21.6 Å². The third-order valence-corrected chi connectivity index (χ3v) is 3.79. The lowest BCUT2D eigenvalue weighted by atomic mass is 10.1. The van der Waals surface area contributed by atoms with Crippen LogP contribution in [-0.4, -0.2) is 12.1 Å². The minimum Gasteiger partial charge on any atom is -0.495 e. The van der Waals surface area contributed by atoms with Gasteiger partial charge in [-0.2, -0.15) is 0 Å². The molecule has 104 valence electrons. The molecule has 0 heterocycles. The van der Waals surface area contributed by atoms with Crippen LogP contribution in [0.25, 0.3) is 0 Å². The van der Waals surface area contributed by atoms with E-state index in [1.807, 2.05) is 24.3 Å². The van der Waals surface area contributed by atoms with E-state index in [2.05, 4.69) is 21.2 Å². The Morgan fingerprint density at radius 2 is 2.05 bits per heavy atom. The maximum absolute atomic E-state index is 5.96. The van der Waals surface area contributed by atoms with Crippen LogP contribution in [0.5, 0.6) is 5.75 Å². The van der Waals surface area contributed by atoms with Gasteiger partial charge in [0.25, 0.3) is 0 Å². The zero-order chi connectivity index (χ0) is 14.7. The molecule has 0 aliphatic rings. The summed E-state index contributed by atoms with van der Waals surface area (Å²) in [6.07, 6.45) is 0. The predicted octanol–water partition coefficient (Wildman–Crippen LogP) is 4.49. The molecule has 0 aliphatic heterocycles. The second kappa shape index (κ2) is 6.43. The molecule has 2 aromatic carbocycles. The number of nitrogens with two attached hydrogens (primary N) is 1. The fourth-order valence-corrected chi connectivity index (χ4v) is 2.47. The third kappa shape index (κ3) is 3.42. The summed E-state index contributed by atoms with van der Waals surface area (Å²) in [6, 6.07) is 11.1. The molecule has 3 nitrogen and oxygen atoms in total. The van der Waals surface area contributed by atoms with Gasteiger partial charge in [0.2, 0.25) is 0 Å². The Morgan fingerprint density at radius 3 is 2.70 bits per heavy atom. The van der Waals surface area contributed by atoms with Gasteiger partial charge in [-0.1, -0.05) is 23.8 Å². The van der Waals surface area contributed by atoms with Crippen LogP contribution >= 0.6 is 39.7 Å². The highest BCUT2D eigenvalue weighted by Gasteiger charge is 2.08. The average Bonchev–Trinajstić information content (AvgIpc) is 2.42. The predicted molar refractivity (Wildman–Crippen MR) is 91.3 cm³/mol. The molecule has 0 atom stereocenters. The lowest BCUT2D eigenvalue weighted by Gasteiger charge is -2.13. The molecule has 0 unspecified atom stereocenters. The minimum absolute atomic E-state index is 0.291. The van der Waals surface area contributed by atoms with Crippen molar-refractivity contribution in [1.29, 1.82) is 0 Å². The number of hydrogen-bond donors (Lipinski definition) is 2. The zero-order valence-electron chi connectivity index (χ0n) is 10.6. The molecule has 3 N–H and O–H groups in total. The zero-order valence-corrected chi connectivity index (χ0v) is 13.8. The molecule has 0 spiro atoms. The first-order valence-corrected chi connectivity index (χ1v) is 7.29. The van der Waals surface area contributed by atoms with Crippen LogP contribution in [0.15, 0.2) is 40.9 Å². The first-order chi connectivity index (χ1) is 9.51. The molecule has 0 fully saturated rings. The molecular formula is C14H12BrClN2OS. The highest BCUT2D eigenvalue weighted by atomic mass is 79.9. The molecule has 20 heavy (non-hydrogen) atoms. The van der Waals surface area contributed by atoms with Crippen LogP contribution in [-0.2, 0) is 0 Å². The summed E-state index contributed by atoms with van der Waals surface area (Å²) in [5.74, 6) is 0.737. The van der Waals surface area contributed by atoms with E-state index in [0.29, 0.717) is 15.6 Å². The van der Waals surface area contributed by atoms with Gasteiger partial charge in [-0.15, -0.1) is 0 Å². The summed E-state index contributed by atoms with van der Waals surface area (Å²) in [4.78, 5) is 0.291. The SMILES string of the molecule is COc1cc(Nc2ccc(Cl)cc2C(N)=S)ccc1Br. The second-order valence-corrected chi connectivity index (χ2v) is 5.76.